The van der Waals surface area contributed by atoms with E-state index in [1.54, 1.807) is 0 Å². The van der Waals surface area contributed by atoms with Crippen LogP contribution in [-0.2, 0) is 11.2 Å². The quantitative estimate of drug-likeness (QED) is 0.810. The molecule has 0 spiro atoms. The van der Waals surface area contributed by atoms with E-state index in [1.807, 2.05) is 41.3 Å². The van der Waals surface area contributed by atoms with Crippen LogP contribution in [0.2, 0.25) is 10.0 Å². The van der Waals surface area contributed by atoms with Crippen LogP contribution in [0.1, 0.15) is 12.0 Å². The van der Waals surface area contributed by atoms with Crippen molar-refractivity contribution in [2.24, 2.45) is 0 Å². The van der Waals surface area contributed by atoms with E-state index in [9.17, 15) is 4.79 Å². The molecule has 2 aromatic rings. The molecule has 126 valence electrons. The van der Waals surface area contributed by atoms with E-state index >= 15 is 0 Å². The average Bonchev–Trinajstić information content (AvgIpc) is 2.62. The van der Waals surface area contributed by atoms with E-state index in [0.29, 0.717) is 22.9 Å². The van der Waals surface area contributed by atoms with Crippen molar-refractivity contribution in [2.75, 3.05) is 31.1 Å². The number of piperazine rings is 1. The molecule has 5 heteroatoms. The van der Waals surface area contributed by atoms with Gasteiger partial charge in [-0.1, -0.05) is 47.5 Å². The van der Waals surface area contributed by atoms with E-state index in [0.717, 1.165) is 31.7 Å². The number of rotatable bonds is 4. The summed E-state index contributed by atoms with van der Waals surface area (Å²) in [5.74, 6) is 0.165. The van der Waals surface area contributed by atoms with Crippen LogP contribution >= 0.6 is 23.2 Å². The predicted molar refractivity (Wildman–Crippen MR) is 100 cm³/mol. The predicted octanol–water partition coefficient (Wildman–Crippen LogP) is 4.27. The first kappa shape index (κ1) is 17.1. The Hall–Kier alpha value is -1.71. The number of amides is 1. The fourth-order valence-corrected chi connectivity index (χ4v) is 3.60. The zero-order chi connectivity index (χ0) is 16.9. The van der Waals surface area contributed by atoms with Crippen molar-refractivity contribution in [1.82, 2.24) is 4.90 Å². The minimum absolute atomic E-state index is 0.165. The average molecular weight is 363 g/mol. The largest absolute Gasteiger partial charge is 0.368 e. The standard InChI is InChI=1S/C19H20Cl2N2O/c20-17-7-4-8-18(21)16(17)9-10-19(24)23-13-11-22(12-14-23)15-5-2-1-3-6-15/h1-8H,9-14H2. The summed E-state index contributed by atoms with van der Waals surface area (Å²) in [6.07, 6.45) is 1.02. The van der Waals surface area contributed by atoms with Gasteiger partial charge in [0, 0.05) is 48.3 Å². The summed E-state index contributed by atoms with van der Waals surface area (Å²) in [5, 5.41) is 1.26. The minimum Gasteiger partial charge on any atom is -0.368 e. The van der Waals surface area contributed by atoms with Crippen molar-refractivity contribution in [3.8, 4) is 0 Å². The lowest BCUT2D eigenvalue weighted by Gasteiger charge is -2.36. The highest BCUT2D eigenvalue weighted by atomic mass is 35.5. The highest BCUT2D eigenvalue weighted by Gasteiger charge is 2.21. The van der Waals surface area contributed by atoms with Gasteiger partial charge in [0.05, 0.1) is 0 Å². The Labute approximate surface area is 152 Å². The first-order valence-electron chi connectivity index (χ1n) is 8.16. The maximum atomic E-state index is 12.5. The van der Waals surface area contributed by atoms with Crippen molar-refractivity contribution in [3.63, 3.8) is 0 Å². The van der Waals surface area contributed by atoms with Crippen LogP contribution in [0.15, 0.2) is 48.5 Å². The van der Waals surface area contributed by atoms with E-state index in [1.165, 1.54) is 5.69 Å². The third-order valence-electron chi connectivity index (χ3n) is 4.40. The summed E-state index contributed by atoms with van der Waals surface area (Å²) in [6.45, 7) is 3.24. The van der Waals surface area contributed by atoms with E-state index in [4.69, 9.17) is 23.2 Å². The lowest BCUT2D eigenvalue weighted by atomic mass is 10.1. The monoisotopic (exact) mass is 362 g/mol. The molecule has 3 nitrogen and oxygen atoms in total. The van der Waals surface area contributed by atoms with Gasteiger partial charge in [0.2, 0.25) is 5.91 Å². The van der Waals surface area contributed by atoms with Crippen LogP contribution in [-0.4, -0.2) is 37.0 Å². The summed E-state index contributed by atoms with van der Waals surface area (Å²) in [6, 6.07) is 15.8. The molecule has 2 aromatic carbocycles. The van der Waals surface area contributed by atoms with E-state index < -0.39 is 0 Å². The summed E-state index contributed by atoms with van der Waals surface area (Å²) in [7, 11) is 0. The Morgan fingerprint density at radius 3 is 2.12 bits per heavy atom. The zero-order valence-corrected chi connectivity index (χ0v) is 14.9. The Morgan fingerprint density at radius 1 is 0.875 bits per heavy atom. The highest BCUT2D eigenvalue weighted by molar-refractivity contribution is 6.36. The number of carbonyl (C=O) groups excluding carboxylic acids is 1. The molecule has 1 amide bonds. The van der Waals surface area contributed by atoms with E-state index in [2.05, 4.69) is 17.0 Å². The van der Waals surface area contributed by atoms with Crippen LogP contribution in [0, 0.1) is 0 Å². The highest BCUT2D eigenvalue weighted by Crippen LogP contribution is 2.26. The molecule has 24 heavy (non-hydrogen) atoms. The lowest BCUT2D eigenvalue weighted by molar-refractivity contribution is -0.131. The number of benzene rings is 2. The van der Waals surface area contributed by atoms with Gasteiger partial charge in [0.1, 0.15) is 0 Å². The molecule has 1 fully saturated rings. The number of carbonyl (C=O) groups is 1. The van der Waals surface area contributed by atoms with Gasteiger partial charge in [-0.25, -0.2) is 0 Å². The second-order valence-corrected chi connectivity index (χ2v) is 6.72. The Bertz CT molecular complexity index is 678. The molecule has 0 saturated carbocycles. The number of hydrogen-bond acceptors (Lipinski definition) is 2. The van der Waals surface area contributed by atoms with Crippen molar-refractivity contribution < 1.29 is 4.79 Å². The minimum atomic E-state index is 0.165. The molecule has 0 aliphatic carbocycles. The van der Waals surface area contributed by atoms with E-state index in [-0.39, 0.29) is 5.91 Å². The first-order valence-corrected chi connectivity index (χ1v) is 8.91. The Balaban J connectivity index is 1.52. The number of para-hydroxylation sites is 1. The van der Waals surface area contributed by atoms with Gasteiger partial charge in [-0.2, -0.15) is 0 Å². The first-order chi connectivity index (χ1) is 11.6. The number of halogens is 2. The molecule has 0 atom stereocenters. The number of nitrogens with zero attached hydrogens (tertiary/aromatic N) is 2. The van der Waals surface area contributed by atoms with Gasteiger partial charge in [-0.3, -0.25) is 4.79 Å². The van der Waals surface area contributed by atoms with Gasteiger partial charge in [-0.05, 0) is 36.2 Å². The molecule has 0 N–H and O–H groups in total. The SMILES string of the molecule is O=C(CCc1c(Cl)cccc1Cl)N1CCN(c2ccccc2)CC1. The van der Waals surface area contributed by atoms with Crippen LogP contribution in [0.4, 0.5) is 5.69 Å². The second kappa shape index (κ2) is 7.91. The maximum absolute atomic E-state index is 12.5. The molecule has 0 aromatic heterocycles. The summed E-state index contributed by atoms with van der Waals surface area (Å²) in [5.41, 5.74) is 2.07. The molecule has 1 aliphatic rings. The molecular formula is C19H20Cl2N2O. The third kappa shape index (κ3) is 4.03. The molecule has 3 rings (SSSR count). The summed E-state index contributed by atoms with van der Waals surface area (Å²) < 4.78 is 0. The lowest BCUT2D eigenvalue weighted by Crippen LogP contribution is -2.48. The Morgan fingerprint density at radius 2 is 1.50 bits per heavy atom. The smallest absolute Gasteiger partial charge is 0.223 e. The van der Waals surface area contributed by atoms with Crippen molar-refractivity contribution in [3.05, 3.63) is 64.1 Å². The summed E-state index contributed by atoms with van der Waals surface area (Å²) >= 11 is 12.3. The molecule has 0 unspecified atom stereocenters. The molecular weight excluding hydrogens is 343 g/mol. The number of anilines is 1. The molecule has 1 saturated heterocycles. The second-order valence-electron chi connectivity index (χ2n) is 5.90. The van der Waals surface area contributed by atoms with Crippen LogP contribution < -0.4 is 4.90 Å². The van der Waals surface area contributed by atoms with Gasteiger partial charge >= 0.3 is 0 Å². The van der Waals surface area contributed by atoms with Crippen molar-refractivity contribution in [1.29, 1.82) is 0 Å². The van der Waals surface area contributed by atoms with Gasteiger partial charge < -0.3 is 9.80 Å². The third-order valence-corrected chi connectivity index (χ3v) is 5.11. The normalized spacial score (nSPS) is 14.8. The molecule has 0 bridgehead atoms. The van der Waals surface area contributed by atoms with Gasteiger partial charge in [0.15, 0.2) is 0 Å². The fraction of sp³-hybridized carbons (Fsp3) is 0.316. The van der Waals surface area contributed by atoms with Crippen LogP contribution in [0.25, 0.3) is 0 Å². The van der Waals surface area contributed by atoms with Gasteiger partial charge in [0.25, 0.3) is 0 Å². The van der Waals surface area contributed by atoms with Gasteiger partial charge in [-0.15, -0.1) is 0 Å². The zero-order valence-electron chi connectivity index (χ0n) is 13.4. The molecule has 1 heterocycles. The number of hydrogen-bond donors (Lipinski definition) is 0. The van der Waals surface area contributed by atoms with Crippen LogP contribution in [0.3, 0.4) is 0 Å². The topological polar surface area (TPSA) is 23.6 Å². The molecule has 0 radical (unpaired) electrons. The molecule has 1 aliphatic heterocycles. The van der Waals surface area contributed by atoms with Crippen LogP contribution in [0.5, 0.6) is 0 Å². The maximum Gasteiger partial charge on any atom is 0.223 e. The van der Waals surface area contributed by atoms with Crippen molar-refractivity contribution >= 4 is 34.8 Å². The fourth-order valence-electron chi connectivity index (χ4n) is 3.01. The Kier molecular flexibility index (Phi) is 5.64. The summed E-state index contributed by atoms with van der Waals surface area (Å²) in [4.78, 5) is 16.7. The van der Waals surface area contributed by atoms with Crippen molar-refractivity contribution in [2.45, 2.75) is 12.8 Å².